The van der Waals surface area contributed by atoms with Crippen LogP contribution in [0.1, 0.15) is 25.7 Å². The quantitative estimate of drug-likeness (QED) is 0.758. The Bertz CT molecular complexity index is 374. The Morgan fingerprint density at radius 3 is 2.59 bits per heavy atom. The van der Waals surface area contributed by atoms with E-state index in [1.54, 1.807) is 0 Å². The normalized spacial score (nSPS) is 27.5. The predicted molar refractivity (Wildman–Crippen MR) is 65.5 cm³/mol. The Hall–Kier alpha value is -0.620. The molecule has 0 aliphatic carbocycles. The lowest BCUT2D eigenvalue weighted by Gasteiger charge is -2.16. The Morgan fingerprint density at radius 2 is 2.00 bits per heavy atom. The van der Waals surface area contributed by atoms with Gasteiger partial charge in [-0.2, -0.15) is 0 Å². The van der Waals surface area contributed by atoms with Gasteiger partial charge in [-0.3, -0.25) is 4.79 Å². The van der Waals surface area contributed by atoms with E-state index in [1.165, 1.54) is 0 Å². The number of nitrogens with zero attached hydrogens (tertiary/aromatic N) is 1. The molecule has 2 aliphatic heterocycles. The van der Waals surface area contributed by atoms with Crippen molar-refractivity contribution in [2.75, 3.05) is 31.1 Å². The van der Waals surface area contributed by atoms with Crippen LogP contribution in [0.3, 0.4) is 0 Å². The Balaban J connectivity index is 1.64. The highest BCUT2D eigenvalue weighted by Crippen LogP contribution is 2.12. The fourth-order valence-electron chi connectivity index (χ4n) is 2.46. The average Bonchev–Trinajstić information content (AvgIpc) is 2.87. The van der Waals surface area contributed by atoms with Crippen LogP contribution in [-0.4, -0.2) is 56.4 Å². The maximum atomic E-state index is 11.7. The third-order valence-electron chi connectivity index (χ3n) is 3.46. The molecule has 0 spiro atoms. The first-order chi connectivity index (χ1) is 8.07. The van der Waals surface area contributed by atoms with E-state index in [2.05, 4.69) is 5.32 Å². The van der Waals surface area contributed by atoms with Crippen LogP contribution in [0.5, 0.6) is 0 Å². The lowest BCUT2D eigenvalue weighted by Crippen LogP contribution is -2.35. The molecule has 0 bridgehead atoms. The zero-order chi connectivity index (χ0) is 12.3. The van der Waals surface area contributed by atoms with E-state index in [1.807, 2.05) is 4.90 Å². The molecule has 2 rings (SSSR count). The number of nitrogens with one attached hydrogen (secondary N) is 1. The second-order valence-electron chi connectivity index (χ2n) is 4.89. The molecule has 1 amide bonds. The van der Waals surface area contributed by atoms with Crippen LogP contribution in [0, 0.1) is 0 Å². The van der Waals surface area contributed by atoms with Gasteiger partial charge in [-0.05, 0) is 19.3 Å². The first-order valence-electron chi connectivity index (χ1n) is 6.28. The lowest BCUT2D eigenvalue weighted by atomic mass is 10.2. The first-order valence-corrected chi connectivity index (χ1v) is 8.10. The van der Waals surface area contributed by atoms with E-state index in [0.717, 1.165) is 25.9 Å². The van der Waals surface area contributed by atoms with Gasteiger partial charge in [0.25, 0.3) is 0 Å². The highest BCUT2D eigenvalue weighted by atomic mass is 32.2. The van der Waals surface area contributed by atoms with Gasteiger partial charge in [-0.25, -0.2) is 8.42 Å². The minimum atomic E-state index is -2.82. The predicted octanol–water partition coefficient (Wildman–Crippen LogP) is -0.224. The van der Waals surface area contributed by atoms with E-state index >= 15 is 0 Å². The largest absolute Gasteiger partial charge is 0.343 e. The fourth-order valence-corrected chi connectivity index (χ4v) is 4.17. The van der Waals surface area contributed by atoms with Gasteiger partial charge < -0.3 is 10.2 Å². The number of sulfone groups is 1. The molecule has 2 saturated heterocycles. The van der Waals surface area contributed by atoms with Crippen molar-refractivity contribution in [2.45, 2.75) is 31.7 Å². The van der Waals surface area contributed by atoms with Gasteiger partial charge in [0.15, 0.2) is 9.84 Å². The van der Waals surface area contributed by atoms with E-state index in [9.17, 15) is 13.2 Å². The van der Waals surface area contributed by atoms with Crippen LogP contribution >= 0.6 is 0 Å². The third-order valence-corrected chi connectivity index (χ3v) is 5.23. The first kappa shape index (κ1) is 12.8. The van der Waals surface area contributed by atoms with Gasteiger partial charge in [0.1, 0.15) is 0 Å². The molecule has 2 fully saturated rings. The Kier molecular flexibility index (Phi) is 4.04. The summed E-state index contributed by atoms with van der Waals surface area (Å²) in [6.07, 6.45) is 3.39. The molecule has 5 nitrogen and oxygen atoms in total. The highest BCUT2D eigenvalue weighted by Gasteiger charge is 2.27. The molecule has 1 unspecified atom stereocenters. The molecule has 0 aromatic rings. The smallest absolute Gasteiger partial charge is 0.223 e. The van der Waals surface area contributed by atoms with Crippen LogP contribution in [0.25, 0.3) is 0 Å². The zero-order valence-electron chi connectivity index (χ0n) is 10.0. The monoisotopic (exact) mass is 260 g/mol. The van der Waals surface area contributed by atoms with Crippen LogP contribution in [-0.2, 0) is 14.6 Å². The summed E-state index contributed by atoms with van der Waals surface area (Å²) < 4.78 is 22.5. The lowest BCUT2D eigenvalue weighted by molar-refractivity contribution is -0.130. The maximum Gasteiger partial charge on any atom is 0.223 e. The second-order valence-corrected chi connectivity index (χ2v) is 7.12. The number of carbonyl (C=O) groups is 1. The van der Waals surface area contributed by atoms with Crippen LogP contribution < -0.4 is 5.32 Å². The molecule has 0 aromatic carbocycles. The van der Waals surface area contributed by atoms with Crippen molar-refractivity contribution in [1.29, 1.82) is 0 Å². The van der Waals surface area contributed by atoms with Crippen LogP contribution in [0.15, 0.2) is 0 Å². The molecule has 98 valence electrons. The summed E-state index contributed by atoms with van der Waals surface area (Å²) in [4.78, 5) is 13.6. The molecule has 0 radical (unpaired) electrons. The third kappa shape index (κ3) is 3.67. The minimum absolute atomic E-state index is 0.0476. The molecular formula is C11H20N2O3S. The van der Waals surface area contributed by atoms with Crippen molar-refractivity contribution >= 4 is 15.7 Å². The SMILES string of the molecule is O=C(CCNC1CCS(=O)(=O)C1)N1CCCC1. The summed E-state index contributed by atoms with van der Waals surface area (Å²) in [5.74, 6) is 0.700. The molecule has 17 heavy (non-hydrogen) atoms. The number of likely N-dealkylation sites (tertiary alicyclic amines) is 1. The van der Waals surface area contributed by atoms with Crippen molar-refractivity contribution in [1.82, 2.24) is 10.2 Å². The topological polar surface area (TPSA) is 66.5 Å². The van der Waals surface area contributed by atoms with Gasteiger partial charge in [-0.1, -0.05) is 0 Å². The van der Waals surface area contributed by atoms with E-state index < -0.39 is 9.84 Å². The zero-order valence-corrected chi connectivity index (χ0v) is 10.8. The maximum absolute atomic E-state index is 11.7. The van der Waals surface area contributed by atoms with Crippen molar-refractivity contribution < 1.29 is 13.2 Å². The summed E-state index contributed by atoms with van der Waals surface area (Å²) >= 11 is 0. The molecule has 0 saturated carbocycles. The number of amides is 1. The van der Waals surface area contributed by atoms with Gasteiger partial charge in [0.05, 0.1) is 11.5 Å². The summed E-state index contributed by atoms with van der Waals surface area (Å²) in [6.45, 7) is 2.36. The number of hydrogen-bond donors (Lipinski definition) is 1. The minimum Gasteiger partial charge on any atom is -0.343 e. The summed E-state index contributed by atoms with van der Waals surface area (Å²) in [7, 11) is -2.82. The van der Waals surface area contributed by atoms with Gasteiger partial charge >= 0.3 is 0 Å². The van der Waals surface area contributed by atoms with Gasteiger partial charge in [-0.15, -0.1) is 0 Å². The van der Waals surface area contributed by atoms with Crippen molar-refractivity contribution in [3.05, 3.63) is 0 Å². The summed E-state index contributed by atoms with van der Waals surface area (Å²) in [6, 6.07) is 0.0476. The average molecular weight is 260 g/mol. The van der Waals surface area contributed by atoms with E-state index in [4.69, 9.17) is 0 Å². The van der Waals surface area contributed by atoms with E-state index in [-0.39, 0.29) is 23.5 Å². The van der Waals surface area contributed by atoms with Crippen molar-refractivity contribution in [2.24, 2.45) is 0 Å². The van der Waals surface area contributed by atoms with Crippen molar-refractivity contribution in [3.8, 4) is 0 Å². The molecule has 0 aromatic heterocycles. The van der Waals surface area contributed by atoms with Crippen LogP contribution in [0.4, 0.5) is 0 Å². The van der Waals surface area contributed by atoms with Gasteiger partial charge in [0, 0.05) is 32.1 Å². The van der Waals surface area contributed by atoms with Gasteiger partial charge in [0.2, 0.25) is 5.91 Å². The summed E-state index contributed by atoms with van der Waals surface area (Å²) in [5, 5.41) is 3.16. The molecule has 1 N–H and O–H groups in total. The molecule has 6 heteroatoms. The van der Waals surface area contributed by atoms with Crippen LogP contribution in [0.2, 0.25) is 0 Å². The summed E-state index contributed by atoms with van der Waals surface area (Å²) in [5.41, 5.74) is 0. The number of carbonyl (C=O) groups excluding carboxylic acids is 1. The fraction of sp³-hybridized carbons (Fsp3) is 0.909. The highest BCUT2D eigenvalue weighted by molar-refractivity contribution is 7.91. The number of hydrogen-bond acceptors (Lipinski definition) is 4. The molecule has 2 heterocycles. The molecule has 2 aliphatic rings. The standard InChI is InChI=1S/C11H20N2O3S/c14-11(13-6-1-2-7-13)3-5-12-10-4-8-17(15,16)9-10/h10,12H,1-9H2. The van der Waals surface area contributed by atoms with E-state index in [0.29, 0.717) is 19.4 Å². The molecule has 1 atom stereocenters. The second kappa shape index (κ2) is 5.35. The number of rotatable bonds is 4. The molecular weight excluding hydrogens is 240 g/mol. The van der Waals surface area contributed by atoms with Crippen molar-refractivity contribution in [3.63, 3.8) is 0 Å². The Labute approximate surface area is 102 Å². The Morgan fingerprint density at radius 1 is 1.29 bits per heavy atom.